The van der Waals surface area contributed by atoms with Crippen LogP contribution in [0, 0.1) is 13.8 Å². The second-order valence-corrected chi connectivity index (χ2v) is 9.86. The van der Waals surface area contributed by atoms with Gasteiger partial charge in [0.2, 0.25) is 15.9 Å². The van der Waals surface area contributed by atoms with Gasteiger partial charge in [0.15, 0.2) is 5.76 Å². The van der Waals surface area contributed by atoms with Gasteiger partial charge in [-0.1, -0.05) is 35.0 Å². The third kappa shape index (κ3) is 5.37. The highest BCUT2D eigenvalue weighted by atomic mass is 35.5. The molecular formula is C21H27ClN4O6S. The number of carbonyl (C=O) groups excluding carboxylic acids is 2. The molecule has 0 bridgehead atoms. The number of nitrogens with zero attached hydrogens (tertiary/aromatic N) is 3. The fourth-order valence-electron chi connectivity index (χ4n) is 3.96. The molecule has 1 amide bonds. The van der Waals surface area contributed by atoms with Crippen molar-refractivity contribution in [2.24, 2.45) is 0 Å². The van der Waals surface area contributed by atoms with Crippen molar-refractivity contribution in [2.75, 3.05) is 33.3 Å². The normalized spacial score (nSPS) is 16.9. The SMILES string of the molecule is COC(=O)C(c1ccccc1Cl)N1CCN(C(=O)[C@H](C)NS(=O)(=O)c2c(C)noc2C)CC1. The molecule has 1 unspecified atom stereocenters. The van der Waals surface area contributed by atoms with Gasteiger partial charge in [0, 0.05) is 31.2 Å². The molecule has 2 heterocycles. The molecule has 1 aliphatic heterocycles. The first kappa shape index (κ1) is 25.2. The van der Waals surface area contributed by atoms with E-state index < -0.39 is 28.1 Å². The van der Waals surface area contributed by atoms with Gasteiger partial charge in [-0.25, -0.2) is 13.2 Å². The van der Waals surface area contributed by atoms with Crippen molar-refractivity contribution >= 4 is 33.5 Å². The summed E-state index contributed by atoms with van der Waals surface area (Å²) in [4.78, 5) is 28.9. The standard InChI is InChI=1S/C21H27ClN4O6S/c1-13-19(15(3)32-23-13)33(29,30)24-14(2)20(27)26-11-9-25(10-12-26)18(21(28)31-4)16-7-5-6-8-17(16)22/h5-8,14,18,24H,9-12H2,1-4H3/t14-,18?/m0/s1. The van der Waals surface area contributed by atoms with Crippen LogP contribution in [0.4, 0.5) is 0 Å². The smallest absolute Gasteiger partial charge is 0.327 e. The summed E-state index contributed by atoms with van der Waals surface area (Å²) in [5.74, 6) is -0.650. The number of aryl methyl sites for hydroxylation is 2. The summed E-state index contributed by atoms with van der Waals surface area (Å²) in [6.07, 6.45) is 0. The van der Waals surface area contributed by atoms with Crippen LogP contribution in [-0.2, 0) is 24.3 Å². The number of hydrogen-bond acceptors (Lipinski definition) is 8. The van der Waals surface area contributed by atoms with Crippen LogP contribution in [0.15, 0.2) is 33.7 Å². The molecule has 1 N–H and O–H groups in total. The summed E-state index contributed by atoms with van der Waals surface area (Å²) in [5, 5.41) is 4.11. The number of carbonyl (C=O) groups is 2. The number of amides is 1. The number of benzene rings is 1. The number of halogens is 1. The molecule has 0 saturated carbocycles. The monoisotopic (exact) mass is 498 g/mol. The molecule has 33 heavy (non-hydrogen) atoms. The first-order valence-electron chi connectivity index (χ1n) is 10.4. The summed E-state index contributed by atoms with van der Waals surface area (Å²) in [6, 6.07) is 5.37. The molecule has 12 heteroatoms. The highest BCUT2D eigenvalue weighted by molar-refractivity contribution is 7.89. The Balaban J connectivity index is 1.67. The quantitative estimate of drug-likeness (QED) is 0.572. The Hall–Kier alpha value is -2.47. The van der Waals surface area contributed by atoms with Gasteiger partial charge in [0.25, 0.3) is 0 Å². The molecule has 1 saturated heterocycles. The maximum atomic E-state index is 12.9. The van der Waals surface area contributed by atoms with E-state index >= 15 is 0 Å². The highest BCUT2D eigenvalue weighted by Crippen LogP contribution is 2.29. The van der Waals surface area contributed by atoms with Crippen LogP contribution in [0.5, 0.6) is 0 Å². The van der Waals surface area contributed by atoms with Crippen LogP contribution in [0.1, 0.15) is 30.0 Å². The number of esters is 1. The third-order valence-corrected chi connectivity index (χ3v) is 7.68. The maximum Gasteiger partial charge on any atom is 0.327 e. The first-order chi connectivity index (χ1) is 15.6. The lowest BCUT2D eigenvalue weighted by molar-refractivity contribution is -0.148. The Kier molecular flexibility index (Phi) is 7.78. The van der Waals surface area contributed by atoms with Crippen LogP contribution in [0.3, 0.4) is 0 Å². The molecule has 3 rings (SSSR count). The van der Waals surface area contributed by atoms with Gasteiger partial charge in [0.1, 0.15) is 16.6 Å². The van der Waals surface area contributed by atoms with E-state index in [1.54, 1.807) is 29.2 Å². The maximum absolute atomic E-state index is 12.9. The number of rotatable bonds is 7. The Morgan fingerprint density at radius 1 is 1.18 bits per heavy atom. The molecule has 1 aliphatic rings. The predicted octanol–water partition coefficient (Wildman–Crippen LogP) is 1.67. The van der Waals surface area contributed by atoms with E-state index in [1.165, 1.54) is 27.9 Å². The van der Waals surface area contributed by atoms with Crippen LogP contribution in [-0.4, -0.2) is 74.6 Å². The van der Waals surface area contributed by atoms with Gasteiger partial charge >= 0.3 is 5.97 Å². The number of ether oxygens (including phenoxy) is 1. The molecule has 10 nitrogen and oxygen atoms in total. The second kappa shape index (κ2) is 10.2. The number of piperazine rings is 1. The van der Waals surface area contributed by atoms with Gasteiger partial charge in [-0.2, -0.15) is 4.72 Å². The lowest BCUT2D eigenvalue weighted by atomic mass is 10.0. The summed E-state index contributed by atoms with van der Waals surface area (Å²) in [5.41, 5.74) is 0.855. The lowest BCUT2D eigenvalue weighted by Gasteiger charge is -2.39. The predicted molar refractivity (Wildman–Crippen MR) is 120 cm³/mol. The zero-order chi connectivity index (χ0) is 24.3. The van der Waals surface area contributed by atoms with Crippen molar-refractivity contribution in [1.82, 2.24) is 19.7 Å². The first-order valence-corrected chi connectivity index (χ1v) is 12.2. The minimum Gasteiger partial charge on any atom is -0.468 e. The number of methoxy groups -OCH3 is 1. The fourth-order valence-corrected chi connectivity index (χ4v) is 5.72. The van der Waals surface area contributed by atoms with Crippen molar-refractivity contribution in [3.8, 4) is 0 Å². The van der Waals surface area contributed by atoms with Gasteiger partial charge in [0.05, 0.1) is 13.2 Å². The molecule has 180 valence electrons. The summed E-state index contributed by atoms with van der Waals surface area (Å²) < 4.78 is 37.8. The largest absolute Gasteiger partial charge is 0.468 e. The fraction of sp³-hybridized carbons (Fsp3) is 0.476. The minimum absolute atomic E-state index is 0.0624. The van der Waals surface area contributed by atoms with Gasteiger partial charge in [-0.15, -0.1) is 0 Å². The topological polar surface area (TPSA) is 122 Å². The number of aromatic nitrogens is 1. The molecular weight excluding hydrogens is 472 g/mol. The zero-order valence-corrected chi connectivity index (χ0v) is 20.4. The average molecular weight is 499 g/mol. The molecule has 1 fully saturated rings. The van der Waals surface area contributed by atoms with Crippen LogP contribution < -0.4 is 4.72 Å². The third-order valence-electron chi connectivity index (χ3n) is 5.55. The summed E-state index contributed by atoms with van der Waals surface area (Å²) in [6.45, 7) is 5.92. The van der Waals surface area contributed by atoms with Crippen LogP contribution >= 0.6 is 11.6 Å². The average Bonchev–Trinajstić information content (AvgIpc) is 3.13. The zero-order valence-electron chi connectivity index (χ0n) is 18.9. The second-order valence-electron chi connectivity index (χ2n) is 7.80. The number of nitrogens with one attached hydrogen (secondary N) is 1. The van der Waals surface area contributed by atoms with E-state index in [2.05, 4.69) is 9.88 Å². The van der Waals surface area contributed by atoms with Gasteiger partial charge in [-0.3, -0.25) is 9.69 Å². The van der Waals surface area contributed by atoms with Crippen molar-refractivity contribution in [3.63, 3.8) is 0 Å². The van der Waals surface area contributed by atoms with Crippen molar-refractivity contribution in [1.29, 1.82) is 0 Å². The van der Waals surface area contributed by atoms with E-state index in [4.69, 9.17) is 20.9 Å². The van der Waals surface area contributed by atoms with E-state index in [0.717, 1.165) is 0 Å². The summed E-state index contributed by atoms with van der Waals surface area (Å²) >= 11 is 6.31. The highest BCUT2D eigenvalue weighted by Gasteiger charge is 2.35. The molecule has 2 atom stereocenters. The molecule has 0 aliphatic carbocycles. The van der Waals surface area contributed by atoms with Crippen LogP contribution in [0.25, 0.3) is 0 Å². The van der Waals surface area contributed by atoms with Crippen molar-refractivity contribution < 1.29 is 27.3 Å². The van der Waals surface area contributed by atoms with Crippen molar-refractivity contribution in [3.05, 3.63) is 46.3 Å². The number of sulfonamides is 1. The van der Waals surface area contributed by atoms with E-state index in [0.29, 0.717) is 36.8 Å². The Bertz CT molecular complexity index is 1110. The number of hydrogen-bond donors (Lipinski definition) is 1. The molecule has 1 aromatic heterocycles. The van der Waals surface area contributed by atoms with E-state index in [1.807, 2.05) is 4.90 Å². The molecule has 0 radical (unpaired) electrons. The Morgan fingerprint density at radius 3 is 2.36 bits per heavy atom. The Morgan fingerprint density at radius 2 is 1.82 bits per heavy atom. The van der Waals surface area contributed by atoms with E-state index in [9.17, 15) is 18.0 Å². The van der Waals surface area contributed by atoms with Crippen LogP contribution in [0.2, 0.25) is 5.02 Å². The summed E-state index contributed by atoms with van der Waals surface area (Å²) in [7, 11) is -2.66. The van der Waals surface area contributed by atoms with E-state index in [-0.39, 0.29) is 22.3 Å². The van der Waals surface area contributed by atoms with Gasteiger partial charge < -0.3 is 14.2 Å². The Labute approximate surface area is 197 Å². The van der Waals surface area contributed by atoms with Crippen molar-refractivity contribution in [2.45, 2.75) is 37.8 Å². The van der Waals surface area contributed by atoms with Gasteiger partial charge in [-0.05, 0) is 32.4 Å². The minimum atomic E-state index is -3.98. The molecule has 2 aromatic rings. The molecule has 0 spiro atoms. The molecule has 1 aromatic carbocycles. The lowest BCUT2D eigenvalue weighted by Crippen LogP contribution is -2.55.